The number of rotatable bonds is 3. The summed E-state index contributed by atoms with van der Waals surface area (Å²) in [6, 6.07) is 11.0. The molecule has 1 saturated carbocycles. The normalized spacial score (nSPS) is 30.1. The average Bonchev–Trinajstić information content (AvgIpc) is 3.14. The third-order valence-corrected chi connectivity index (χ3v) is 12.3. The summed E-state index contributed by atoms with van der Waals surface area (Å²) in [4.78, 5) is 28.5. The third kappa shape index (κ3) is 6.83. The first-order chi connectivity index (χ1) is 21.7. The number of carbonyl (C=O) groups is 2. The number of fused-ring (bicyclic) bond motifs is 4. The van der Waals surface area contributed by atoms with Crippen LogP contribution in [0.3, 0.4) is 0 Å². The quantitative estimate of drug-likeness (QED) is 0.403. The molecule has 5 atom stereocenters. The van der Waals surface area contributed by atoms with Gasteiger partial charge in [-0.25, -0.2) is 9.00 Å². The predicted molar refractivity (Wildman–Crippen MR) is 178 cm³/mol. The van der Waals surface area contributed by atoms with Gasteiger partial charge in [0.1, 0.15) is 15.7 Å². The summed E-state index contributed by atoms with van der Waals surface area (Å²) < 4.78 is 33.2. The Morgan fingerprint density at radius 3 is 2.80 bits per heavy atom. The van der Waals surface area contributed by atoms with Crippen molar-refractivity contribution in [2.24, 2.45) is 16.2 Å². The number of urea groups is 1. The van der Waals surface area contributed by atoms with Crippen LogP contribution in [0.1, 0.15) is 79.8 Å². The van der Waals surface area contributed by atoms with Crippen LogP contribution < -0.4 is 19.7 Å². The van der Waals surface area contributed by atoms with Crippen LogP contribution in [0, 0.1) is 11.8 Å². The molecule has 6 rings (SSSR count). The molecule has 2 aliphatic carbocycles. The van der Waals surface area contributed by atoms with Crippen molar-refractivity contribution in [2.75, 3.05) is 44.0 Å². The van der Waals surface area contributed by atoms with E-state index in [9.17, 15) is 13.8 Å². The highest BCUT2D eigenvalue weighted by Crippen LogP contribution is 2.47. The number of nitrogens with one attached hydrogen (secondary N) is 2. The van der Waals surface area contributed by atoms with Crippen molar-refractivity contribution in [2.45, 2.75) is 76.2 Å². The van der Waals surface area contributed by atoms with E-state index < -0.39 is 21.9 Å². The van der Waals surface area contributed by atoms with Crippen molar-refractivity contribution in [3.63, 3.8) is 0 Å². The van der Waals surface area contributed by atoms with Crippen molar-refractivity contribution in [1.82, 2.24) is 10.0 Å². The molecule has 0 radical (unpaired) electrons. The third-order valence-electron chi connectivity index (χ3n) is 10.2. The summed E-state index contributed by atoms with van der Waals surface area (Å²) in [6.45, 7) is 4.26. The zero-order chi connectivity index (χ0) is 31.6. The number of nitrogens with zero attached hydrogens (tertiary/aromatic N) is 2. The zero-order valence-electron chi connectivity index (χ0n) is 26.3. The second kappa shape index (κ2) is 13.5. The van der Waals surface area contributed by atoms with Gasteiger partial charge in [-0.1, -0.05) is 30.5 Å². The number of benzene rings is 2. The molecular weight excluding hydrogens is 612 g/mol. The Bertz CT molecular complexity index is 1560. The topological polar surface area (TPSA) is 109 Å². The van der Waals surface area contributed by atoms with E-state index in [1.165, 1.54) is 11.1 Å². The molecule has 0 saturated heterocycles. The van der Waals surface area contributed by atoms with Crippen LogP contribution in [-0.2, 0) is 26.5 Å². The van der Waals surface area contributed by atoms with Gasteiger partial charge in [-0.2, -0.15) is 0 Å². The van der Waals surface area contributed by atoms with Crippen LogP contribution >= 0.6 is 11.6 Å². The fourth-order valence-electron chi connectivity index (χ4n) is 7.82. The molecule has 1 fully saturated rings. The van der Waals surface area contributed by atoms with Crippen LogP contribution in [-0.4, -0.2) is 61.4 Å². The fraction of sp³-hybridized carbons (Fsp3) is 0.588. The smallest absolute Gasteiger partial charge is 0.327 e. The Morgan fingerprint density at radius 1 is 1.16 bits per heavy atom. The average molecular weight is 657 g/mol. The highest BCUT2D eigenvalue weighted by Gasteiger charge is 2.44. The molecule has 244 valence electrons. The Hall–Kier alpha value is -2.82. The lowest BCUT2D eigenvalue weighted by Crippen LogP contribution is -2.49. The minimum Gasteiger partial charge on any atom is -0.490 e. The Kier molecular flexibility index (Phi) is 9.64. The minimum absolute atomic E-state index is 0.103. The molecule has 2 aromatic rings. The van der Waals surface area contributed by atoms with Gasteiger partial charge in [0.2, 0.25) is 0 Å². The number of halogens is 1. The molecule has 2 aliphatic heterocycles. The van der Waals surface area contributed by atoms with Crippen LogP contribution in [0.4, 0.5) is 10.5 Å². The molecule has 0 aromatic heterocycles. The Labute approximate surface area is 272 Å². The first kappa shape index (κ1) is 32.1. The lowest BCUT2D eigenvalue weighted by Gasteiger charge is -2.46. The summed E-state index contributed by atoms with van der Waals surface area (Å²) in [5.41, 5.74) is 3.52. The van der Waals surface area contributed by atoms with E-state index in [-0.39, 0.29) is 17.3 Å². The standard InChI is InChI=1S/C34H45ClN4O5S/c1-3-36-33(41)38-45(42)17-6-4-5-9-30(43-2)27-13-10-25(27)20-39-21-34(16-7-8-23-18-26(35)12-14-28(23)34)22-44-31-15-11-24(19-29(31)39)32(40)37-45/h11-12,14-15,18-19,25,27,30H,3-10,13,16-17,20-22H2,1-2H3,(H2,36,37,38,40,41,42)/t25-,27+,30-,34-,45+/m0/s1. The highest BCUT2D eigenvalue weighted by atomic mass is 35.5. The van der Waals surface area contributed by atoms with Crippen molar-refractivity contribution < 1.29 is 23.3 Å². The van der Waals surface area contributed by atoms with E-state index in [0.29, 0.717) is 37.0 Å². The van der Waals surface area contributed by atoms with Crippen LogP contribution in [0.15, 0.2) is 40.8 Å². The van der Waals surface area contributed by atoms with E-state index in [1.54, 1.807) is 13.0 Å². The monoisotopic (exact) mass is 656 g/mol. The number of ether oxygens (including phenoxy) is 2. The maximum absolute atomic E-state index is 13.9. The largest absolute Gasteiger partial charge is 0.490 e. The molecule has 11 heteroatoms. The van der Waals surface area contributed by atoms with Crippen molar-refractivity contribution in [3.05, 3.63) is 58.1 Å². The van der Waals surface area contributed by atoms with E-state index in [1.807, 2.05) is 25.3 Å². The Morgan fingerprint density at radius 2 is 2.02 bits per heavy atom. The van der Waals surface area contributed by atoms with E-state index in [0.717, 1.165) is 80.9 Å². The van der Waals surface area contributed by atoms with E-state index >= 15 is 0 Å². The van der Waals surface area contributed by atoms with Crippen LogP contribution in [0.2, 0.25) is 5.02 Å². The second-order valence-electron chi connectivity index (χ2n) is 13.1. The van der Waals surface area contributed by atoms with Crippen molar-refractivity contribution in [3.8, 4) is 5.75 Å². The maximum atomic E-state index is 13.9. The second-order valence-corrected chi connectivity index (χ2v) is 15.6. The molecule has 2 heterocycles. The molecule has 2 bridgehead atoms. The number of aryl methyl sites for hydroxylation is 1. The van der Waals surface area contributed by atoms with Gasteiger partial charge in [-0.05, 0) is 105 Å². The number of anilines is 1. The molecule has 1 spiro atoms. The van der Waals surface area contributed by atoms with Gasteiger partial charge in [0.05, 0.1) is 24.2 Å². The zero-order valence-corrected chi connectivity index (χ0v) is 27.9. The Balaban J connectivity index is 1.41. The van der Waals surface area contributed by atoms with E-state index in [2.05, 4.69) is 31.4 Å². The lowest BCUT2D eigenvalue weighted by atomic mass is 9.68. The summed E-state index contributed by atoms with van der Waals surface area (Å²) in [5.74, 6) is 1.14. The molecule has 3 amide bonds. The number of hydrogen-bond acceptors (Lipinski definition) is 6. The first-order valence-corrected chi connectivity index (χ1v) is 18.5. The molecule has 2 N–H and O–H groups in total. The number of methoxy groups -OCH3 is 1. The SMILES string of the molecule is CCNC(=O)N[S@]1(=O)=NC(=O)c2ccc3c(c2)N(C[C@@H]2CC[C@H]2[C@@H](OC)CCCCC1)C[C@@]1(CCCc2cc(Cl)ccc21)CO3. The van der Waals surface area contributed by atoms with Crippen LogP contribution in [0.25, 0.3) is 0 Å². The summed E-state index contributed by atoms with van der Waals surface area (Å²) >= 11 is 6.43. The molecule has 9 nitrogen and oxygen atoms in total. The minimum atomic E-state index is -3.34. The lowest BCUT2D eigenvalue weighted by molar-refractivity contribution is -0.0220. The van der Waals surface area contributed by atoms with Gasteiger partial charge in [0.15, 0.2) is 0 Å². The van der Waals surface area contributed by atoms with Gasteiger partial charge in [0, 0.05) is 42.7 Å². The number of hydrogen-bond donors (Lipinski definition) is 2. The predicted octanol–water partition coefficient (Wildman–Crippen LogP) is 6.27. The number of carbonyl (C=O) groups excluding carboxylic acids is 2. The molecule has 4 aliphatic rings. The van der Waals surface area contributed by atoms with Crippen molar-refractivity contribution >= 4 is 39.1 Å². The molecule has 0 unspecified atom stereocenters. The number of amides is 3. The summed E-state index contributed by atoms with van der Waals surface area (Å²) in [5, 5.41) is 3.37. The molecular formula is C34H45ClN4O5S. The molecule has 45 heavy (non-hydrogen) atoms. The maximum Gasteiger partial charge on any atom is 0.327 e. The van der Waals surface area contributed by atoms with Gasteiger partial charge in [-0.3, -0.25) is 9.52 Å². The summed E-state index contributed by atoms with van der Waals surface area (Å²) in [6.07, 6.45) is 8.68. The van der Waals surface area contributed by atoms with E-state index in [4.69, 9.17) is 21.1 Å². The highest BCUT2D eigenvalue weighted by molar-refractivity contribution is 7.92. The van der Waals surface area contributed by atoms with Crippen molar-refractivity contribution in [1.29, 1.82) is 0 Å². The van der Waals surface area contributed by atoms with Crippen LogP contribution in [0.5, 0.6) is 5.75 Å². The first-order valence-electron chi connectivity index (χ1n) is 16.4. The molecule has 2 aromatic carbocycles. The fourth-order valence-corrected chi connectivity index (χ4v) is 9.58. The summed E-state index contributed by atoms with van der Waals surface area (Å²) in [7, 11) is -1.53. The van der Waals surface area contributed by atoms with Gasteiger partial charge in [-0.15, -0.1) is 4.36 Å². The van der Waals surface area contributed by atoms with Gasteiger partial charge < -0.3 is 19.7 Å². The van der Waals surface area contributed by atoms with Gasteiger partial charge in [0.25, 0.3) is 5.91 Å². The van der Waals surface area contributed by atoms with Gasteiger partial charge >= 0.3 is 6.03 Å².